The second kappa shape index (κ2) is 7.36. The van der Waals surface area contributed by atoms with E-state index >= 15 is 0 Å². The molecule has 3 rings (SSSR count). The van der Waals surface area contributed by atoms with Gasteiger partial charge in [-0.05, 0) is 37.4 Å². The molecule has 1 aliphatic heterocycles. The fourth-order valence-corrected chi connectivity index (χ4v) is 2.45. The summed E-state index contributed by atoms with van der Waals surface area (Å²) in [5.41, 5.74) is 1.10. The number of pyridine rings is 1. The van der Waals surface area contributed by atoms with Gasteiger partial charge in [-0.2, -0.15) is 4.98 Å². The number of nitrogens with one attached hydrogen (secondary N) is 1. The van der Waals surface area contributed by atoms with Crippen LogP contribution in [0.2, 0.25) is 0 Å². The van der Waals surface area contributed by atoms with Crippen LogP contribution in [0.5, 0.6) is 0 Å². The maximum absolute atomic E-state index is 5.29. The molecule has 1 atom stereocenters. The lowest BCUT2D eigenvalue weighted by Gasteiger charge is -2.06. The lowest BCUT2D eigenvalue weighted by molar-refractivity contribution is 0.364. The van der Waals surface area contributed by atoms with Gasteiger partial charge in [0.2, 0.25) is 5.89 Å². The number of rotatable bonds is 5. The average molecular weight is 295 g/mol. The number of hydrogen-bond donors (Lipinski definition) is 1. The van der Waals surface area contributed by atoms with Gasteiger partial charge in [0.25, 0.3) is 0 Å². The maximum Gasteiger partial charge on any atom is 0.226 e. The highest BCUT2D eigenvalue weighted by molar-refractivity contribution is 5.85. The van der Waals surface area contributed by atoms with Gasteiger partial charge in [0.1, 0.15) is 0 Å². The second-order valence-corrected chi connectivity index (χ2v) is 4.97. The molecule has 1 aliphatic rings. The van der Waals surface area contributed by atoms with Gasteiger partial charge in [0.05, 0.1) is 0 Å². The van der Waals surface area contributed by atoms with Crippen LogP contribution in [0.25, 0.3) is 0 Å². The first-order valence-electron chi connectivity index (χ1n) is 6.84. The van der Waals surface area contributed by atoms with Crippen LogP contribution < -0.4 is 5.32 Å². The van der Waals surface area contributed by atoms with Crippen LogP contribution in [0, 0.1) is 0 Å². The Morgan fingerprint density at radius 1 is 1.40 bits per heavy atom. The number of aromatic nitrogens is 3. The summed E-state index contributed by atoms with van der Waals surface area (Å²) in [6.07, 6.45) is 8.75. The molecule has 1 saturated heterocycles. The van der Waals surface area contributed by atoms with E-state index in [0.29, 0.717) is 12.5 Å². The van der Waals surface area contributed by atoms with E-state index in [1.165, 1.54) is 12.8 Å². The van der Waals surface area contributed by atoms with E-state index < -0.39 is 0 Å². The summed E-state index contributed by atoms with van der Waals surface area (Å²) >= 11 is 0. The predicted molar refractivity (Wildman–Crippen MR) is 77.9 cm³/mol. The van der Waals surface area contributed by atoms with E-state index in [1.54, 1.807) is 6.20 Å². The minimum atomic E-state index is 0. The molecule has 1 N–H and O–H groups in total. The molecule has 0 spiro atoms. The molecule has 3 heterocycles. The van der Waals surface area contributed by atoms with E-state index in [4.69, 9.17) is 4.52 Å². The summed E-state index contributed by atoms with van der Waals surface area (Å²) in [4.78, 5) is 8.51. The van der Waals surface area contributed by atoms with Crippen molar-refractivity contribution in [3.05, 3.63) is 41.8 Å². The fourth-order valence-electron chi connectivity index (χ4n) is 2.45. The van der Waals surface area contributed by atoms with Crippen LogP contribution in [-0.2, 0) is 12.8 Å². The molecular formula is C14H19ClN4O. The van der Waals surface area contributed by atoms with Crippen molar-refractivity contribution in [3.8, 4) is 0 Å². The second-order valence-electron chi connectivity index (χ2n) is 4.97. The Morgan fingerprint density at radius 2 is 2.35 bits per heavy atom. The van der Waals surface area contributed by atoms with Gasteiger partial charge in [-0.1, -0.05) is 11.2 Å². The van der Waals surface area contributed by atoms with Crippen LogP contribution in [0.3, 0.4) is 0 Å². The molecule has 0 saturated carbocycles. The number of nitrogens with zero attached hydrogens (tertiary/aromatic N) is 3. The largest absolute Gasteiger partial charge is 0.339 e. The Kier molecular flexibility index (Phi) is 5.49. The molecule has 2 aromatic heterocycles. The van der Waals surface area contributed by atoms with Crippen molar-refractivity contribution in [1.82, 2.24) is 20.4 Å². The third kappa shape index (κ3) is 4.02. The highest BCUT2D eigenvalue weighted by atomic mass is 35.5. The zero-order valence-corrected chi connectivity index (χ0v) is 12.1. The Hall–Kier alpha value is -1.46. The molecule has 1 unspecified atom stereocenters. The van der Waals surface area contributed by atoms with Crippen molar-refractivity contribution in [1.29, 1.82) is 0 Å². The van der Waals surface area contributed by atoms with E-state index in [0.717, 1.165) is 36.7 Å². The highest BCUT2D eigenvalue weighted by Crippen LogP contribution is 2.12. The molecule has 0 amide bonds. The smallest absolute Gasteiger partial charge is 0.226 e. The van der Waals surface area contributed by atoms with Gasteiger partial charge in [-0.3, -0.25) is 4.98 Å². The molecule has 108 valence electrons. The zero-order chi connectivity index (χ0) is 12.9. The molecule has 0 radical (unpaired) electrons. The van der Waals surface area contributed by atoms with E-state index in [-0.39, 0.29) is 12.4 Å². The van der Waals surface area contributed by atoms with Crippen molar-refractivity contribution in [2.75, 3.05) is 6.54 Å². The lowest BCUT2D eigenvalue weighted by atomic mass is 10.1. The van der Waals surface area contributed by atoms with Gasteiger partial charge in [-0.15, -0.1) is 12.4 Å². The van der Waals surface area contributed by atoms with Gasteiger partial charge in [-0.25, -0.2) is 0 Å². The molecule has 2 aromatic rings. The molecular weight excluding hydrogens is 276 g/mol. The van der Waals surface area contributed by atoms with Crippen LogP contribution in [0.4, 0.5) is 0 Å². The molecule has 6 heteroatoms. The van der Waals surface area contributed by atoms with Crippen LogP contribution >= 0.6 is 12.4 Å². The monoisotopic (exact) mass is 294 g/mol. The minimum Gasteiger partial charge on any atom is -0.339 e. The Morgan fingerprint density at radius 3 is 3.10 bits per heavy atom. The quantitative estimate of drug-likeness (QED) is 0.915. The van der Waals surface area contributed by atoms with Gasteiger partial charge in [0, 0.05) is 31.3 Å². The first kappa shape index (κ1) is 14.9. The normalized spacial score (nSPS) is 17.9. The van der Waals surface area contributed by atoms with E-state index in [1.807, 2.05) is 18.3 Å². The van der Waals surface area contributed by atoms with Gasteiger partial charge < -0.3 is 9.84 Å². The Balaban J connectivity index is 0.00000147. The van der Waals surface area contributed by atoms with E-state index in [9.17, 15) is 0 Å². The first-order chi connectivity index (χ1) is 9.40. The summed E-state index contributed by atoms with van der Waals surface area (Å²) in [6, 6.07) is 4.56. The molecule has 1 fully saturated rings. The van der Waals surface area contributed by atoms with Crippen molar-refractivity contribution >= 4 is 12.4 Å². The molecule has 20 heavy (non-hydrogen) atoms. The topological polar surface area (TPSA) is 63.8 Å². The fraction of sp³-hybridized carbons (Fsp3) is 0.500. The number of aryl methyl sites for hydroxylation is 1. The maximum atomic E-state index is 5.29. The van der Waals surface area contributed by atoms with Gasteiger partial charge in [0.15, 0.2) is 5.82 Å². The van der Waals surface area contributed by atoms with E-state index in [2.05, 4.69) is 20.4 Å². The first-order valence-corrected chi connectivity index (χ1v) is 6.84. The van der Waals surface area contributed by atoms with Crippen molar-refractivity contribution in [2.45, 2.75) is 38.1 Å². The zero-order valence-electron chi connectivity index (χ0n) is 11.3. The molecule has 0 aromatic carbocycles. The summed E-state index contributed by atoms with van der Waals surface area (Å²) in [5, 5.41) is 7.50. The van der Waals surface area contributed by atoms with Crippen molar-refractivity contribution in [3.63, 3.8) is 0 Å². The van der Waals surface area contributed by atoms with Crippen LogP contribution in [0.1, 0.15) is 36.5 Å². The molecule has 5 nitrogen and oxygen atoms in total. The summed E-state index contributed by atoms with van der Waals surface area (Å²) in [5.74, 6) is 1.48. The van der Waals surface area contributed by atoms with Crippen LogP contribution in [-0.4, -0.2) is 27.7 Å². The predicted octanol–water partition coefficient (Wildman–Crippen LogP) is 2.16. The summed E-state index contributed by atoms with van der Waals surface area (Å²) in [7, 11) is 0. The highest BCUT2D eigenvalue weighted by Gasteiger charge is 2.15. The minimum absolute atomic E-state index is 0. The lowest BCUT2D eigenvalue weighted by Crippen LogP contribution is -2.21. The third-order valence-corrected chi connectivity index (χ3v) is 3.46. The van der Waals surface area contributed by atoms with Crippen molar-refractivity contribution in [2.24, 2.45) is 0 Å². The Bertz CT molecular complexity index is 511. The SMILES string of the molecule is Cl.c1cncc(Cc2noc(CCC3CCCN3)n2)c1. The number of hydrogen-bond acceptors (Lipinski definition) is 5. The molecule has 0 aliphatic carbocycles. The number of halogens is 1. The third-order valence-electron chi connectivity index (χ3n) is 3.46. The van der Waals surface area contributed by atoms with Gasteiger partial charge >= 0.3 is 0 Å². The molecule has 0 bridgehead atoms. The Labute approximate surface area is 124 Å². The standard InChI is InChI=1S/C14H18N4O.ClH/c1-3-11(10-15-7-1)9-13-17-14(19-18-13)6-5-12-4-2-8-16-12;/h1,3,7,10,12,16H,2,4-6,8-9H2;1H. The van der Waals surface area contributed by atoms with Crippen molar-refractivity contribution < 1.29 is 4.52 Å². The summed E-state index contributed by atoms with van der Waals surface area (Å²) in [6.45, 7) is 1.14. The van der Waals surface area contributed by atoms with Crippen LogP contribution in [0.15, 0.2) is 29.0 Å². The summed E-state index contributed by atoms with van der Waals surface area (Å²) < 4.78 is 5.29. The average Bonchev–Trinajstić information content (AvgIpc) is 3.09.